The summed E-state index contributed by atoms with van der Waals surface area (Å²) in [6, 6.07) is 18.3. The first kappa shape index (κ1) is 20.3. The summed E-state index contributed by atoms with van der Waals surface area (Å²) in [4.78, 5) is 30.6. The van der Waals surface area contributed by atoms with Gasteiger partial charge in [-0.1, -0.05) is 68.4 Å². The number of ketones is 1. The fraction of sp³-hybridized carbons (Fsp3) is 0.346. The zero-order valence-corrected chi connectivity index (χ0v) is 17.9. The number of benzene rings is 2. The highest BCUT2D eigenvalue weighted by molar-refractivity contribution is 6.09. The molecule has 1 heterocycles. The third-order valence-electron chi connectivity index (χ3n) is 6.13. The lowest BCUT2D eigenvalue weighted by Crippen LogP contribution is -2.39. The molecule has 4 heteroatoms. The summed E-state index contributed by atoms with van der Waals surface area (Å²) in [6.07, 6.45) is 1.20. The van der Waals surface area contributed by atoms with Gasteiger partial charge in [0.05, 0.1) is 7.11 Å². The summed E-state index contributed by atoms with van der Waals surface area (Å²) in [5.74, 6) is -1.21. The molecule has 2 aromatic rings. The summed E-state index contributed by atoms with van der Waals surface area (Å²) < 4.78 is 5.11. The number of carbonyl (C=O) groups excluding carboxylic acids is 2. The molecule has 0 radical (unpaired) electrons. The van der Waals surface area contributed by atoms with Crippen LogP contribution in [-0.2, 0) is 14.3 Å². The second-order valence-electron chi connectivity index (χ2n) is 9.02. The molecule has 0 saturated carbocycles. The van der Waals surface area contributed by atoms with Crippen molar-refractivity contribution in [3.8, 4) is 11.1 Å². The van der Waals surface area contributed by atoms with Crippen LogP contribution in [0.15, 0.2) is 70.9 Å². The molecule has 1 aliphatic heterocycles. The van der Waals surface area contributed by atoms with Crippen molar-refractivity contribution in [2.24, 2.45) is 16.3 Å². The van der Waals surface area contributed by atoms with Crippen molar-refractivity contribution in [2.75, 3.05) is 7.11 Å². The minimum atomic E-state index is -0.582. The van der Waals surface area contributed by atoms with Crippen LogP contribution in [0, 0.1) is 11.3 Å². The molecule has 0 spiro atoms. The van der Waals surface area contributed by atoms with E-state index >= 15 is 0 Å². The van der Waals surface area contributed by atoms with Crippen LogP contribution in [0.1, 0.15) is 45.1 Å². The van der Waals surface area contributed by atoms with Crippen molar-refractivity contribution >= 4 is 17.5 Å². The van der Waals surface area contributed by atoms with E-state index in [9.17, 15) is 9.59 Å². The zero-order chi connectivity index (χ0) is 21.5. The maximum Gasteiger partial charge on any atom is 0.315 e. The summed E-state index contributed by atoms with van der Waals surface area (Å²) in [6.45, 7) is 6.05. The first-order valence-electron chi connectivity index (χ1n) is 10.4. The SMILES string of the molecule is COC(=O)C1C(C)=NC2=C(C(=O)CC(C)(C)C2)[C@@H]1c1ccc(-c2ccccc2)cc1. The lowest BCUT2D eigenvalue weighted by atomic mass is 9.67. The van der Waals surface area contributed by atoms with Crippen LogP contribution in [-0.4, -0.2) is 24.6 Å². The molecule has 0 bridgehead atoms. The summed E-state index contributed by atoms with van der Waals surface area (Å²) in [5, 5.41) is 0. The topological polar surface area (TPSA) is 55.7 Å². The van der Waals surface area contributed by atoms with Gasteiger partial charge in [0.1, 0.15) is 5.92 Å². The molecule has 2 atom stereocenters. The Morgan fingerprint density at radius 2 is 1.63 bits per heavy atom. The van der Waals surface area contributed by atoms with Crippen LogP contribution in [0.4, 0.5) is 0 Å². The minimum Gasteiger partial charge on any atom is -0.468 e. The van der Waals surface area contributed by atoms with Crippen molar-refractivity contribution in [1.82, 2.24) is 0 Å². The van der Waals surface area contributed by atoms with Gasteiger partial charge in [0.15, 0.2) is 5.78 Å². The first-order chi connectivity index (χ1) is 14.3. The zero-order valence-electron chi connectivity index (χ0n) is 17.9. The fourth-order valence-electron chi connectivity index (χ4n) is 4.75. The van der Waals surface area contributed by atoms with Crippen LogP contribution >= 0.6 is 0 Å². The van der Waals surface area contributed by atoms with Gasteiger partial charge in [-0.05, 0) is 35.4 Å². The Balaban J connectivity index is 1.81. The Morgan fingerprint density at radius 3 is 2.27 bits per heavy atom. The molecule has 154 valence electrons. The second-order valence-corrected chi connectivity index (χ2v) is 9.02. The van der Waals surface area contributed by atoms with Gasteiger partial charge in [0.2, 0.25) is 0 Å². The van der Waals surface area contributed by atoms with Crippen molar-refractivity contribution < 1.29 is 14.3 Å². The van der Waals surface area contributed by atoms with E-state index in [-0.39, 0.29) is 23.1 Å². The lowest BCUT2D eigenvalue weighted by Gasteiger charge is -2.38. The summed E-state index contributed by atoms with van der Waals surface area (Å²) in [5.41, 5.74) is 5.27. The second kappa shape index (κ2) is 7.67. The van der Waals surface area contributed by atoms with Crippen LogP contribution in [0.5, 0.6) is 0 Å². The van der Waals surface area contributed by atoms with E-state index in [4.69, 9.17) is 9.73 Å². The van der Waals surface area contributed by atoms with E-state index in [1.54, 1.807) is 0 Å². The van der Waals surface area contributed by atoms with Crippen molar-refractivity contribution in [3.63, 3.8) is 0 Å². The fourth-order valence-corrected chi connectivity index (χ4v) is 4.75. The molecule has 0 saturated heterocycles. The van der Waals surface area contributed by atoms with Crippen molar-refractivity contribution in [1.29, 1.82) is 0 Å². The number of ether oxygens (including phenoxy) is 1. The van der Waals surface area contributed by atoms with Crippen LogP contribution in [0.25, 0.3) is 11.1 Å². The largest absolute Gasteiger partial charge is 0.468 e. The summed E-state index contributed by atoms with van der Waals surface area (Å²) >= 11 is 0. The van der Waals surface area contributed by atoms with Crippen LogP contribution in [0.2, 0.25) is 0 Å². The van der Waals surface area contributed by atoms with Crippen LogP contribution in [0.3, 0.4) is 0 Å². The summed E-state index contributed by atoms with van der Waals surface area (Å²) in [7, 11) is 1.39. The van der Waals surface area contributed by atoms with E-state index in [1.165, 1.54) is 7.11 Å². The number of nitrogens with zero attached hydrogens (tertiary/aromatic N) is 1. The Bertz CT molecular complexity index is 1050. The molecule has 0 fully saturated rings. The van der Waals surface area contributed by atoms with Gasteiger partial charge in [-0.25, -0.2) is 0 Å². The van der Waals surface area contributed by atoms with Gasteiger partial charge in [0, 0.05) is 29.3 Å². The molecule has 1 aliphatic carbocycles. The number of Topliss-reactive ketones (excluding diaryl/α,β-unsaturated/α-hetero) is 1. The number of methoxy groups -OCH3 is 1. The van der Waals surface area contributed by atoms with Gasteiger partial charge in [0.25, 0.3) is 0 Å². The van der Waals surface area contributed by atoms with E-state index in [2.05, 4.69) is 38.1 Å². The number of hydrogen-bond donors (Lipinski definition) is 0. The molecule has 0 aromatic heterocycles. The van der Waals surface area contributed by atoms with Gasteiger partial charge >= 0.3 is 5.97 Å². The number of esters is 1. The van der Waals surface area contributed by atoms with Gasteiger partial charge in [-0.15, -0.1) is 0 Å². The molecule has 2 aliphatic rings. The smallest absolute Gasteiger partial charge is 0.315 e. The highest BCUT2D eigenvalue weighted by atomic mass is 16.5. The molecule has 2 aromatic carbocycles. The van der Waals surface area contributed by atoms with Crippen molar-refractivity contribution in [2.45, 2.75) is 39.5 Å². The maximum atomic E-state index is 13.2. The number of allylic oxidation sites excluding steroid dienone is 2. The average Bonchev–Trinajstić information content (AvgIpc) is 2.72. The highest BCUT2D eigenvalue weighted by Crippen LogP contribution is 2.48. The lowest BCUT2D eigenvalue weighted by molar-refractivity contribution is -0.143. The average molecular weight is 402 g/mol. The van der Waals surface area contributed by atoms with Gasteiger partial charge in [-0.3, -0.25) is 14.6 Å². The first-order valence-corrected chi connectivity index (χ1v) is 10.4. The predicted octanol–water partition coefficient (Wildman–Crippen LogP) is 5.34. The number of carbonyl (C=O) groups is 2. The number of aliphatic imine (C=N–C) groups is 1. The number of hydrogen-bond acceptors (Lipinski definition) is 4. The monoisotopic (exact) mass is 401 g/mol. The van der Waals surface area contributed by atoms with E-state index < -0.39 is 5.92 Å². The van der Waals surface area contributed by atoms with E-state index in [0.717, 1.165) is 28.8 Å². The van der Waals surface area contributed by atoms with E-state index in [1.807, 2.05) is 37.3 Å². The van der Waals surface area contributed by atoms with Gasteiger partial charge < -0.3 is 4.74 Å². The Labute approximate surface area is 177 Å². The Kier molecular flexibility index (Phi) is 5.19. The third-order valence-corrected chi connectivity index (χ3v) is 6.13. The molecule has 4 rings (SSSR count). The Hall–Kier alpha value is -3.01. The maximum absolute atomic E-state index is 13.2. The molecular formula is C26H27NO3. The number of rotatable bonds is 3. The highest BCUT2D eigenvalue weighted by Gasteiger charge is 2.45. The van der Waals surface area contributed by atoms with Crippen molar-refractivity contribution in [3.05, 3.63) is 71.4 Å². The van der Waals surface area contributed by atoms with E-state index in [0.29, 0.717) is 17.7 Å². The van der Waals surface area contributed by atoms with Crippen LogP contribution < -0.4 is 0 Å². The molecular weight excluding hydrogens is 374 g/mol. The third kappa shape index (κ3) is 3.62. The molecule has 4 nitrogen and oxygen atoms in total. The molecule has 1 unspecified atom stereocenters. The predicted molar refractivity (Wildman–Crippen MR) is 118 cm³/mol. The molecule has 30 heavy (non-hydrogen) atoms. The Morgan fingerprint density at radius 1 is 1.00 bits per heavy atom. The van der Waals surface area contributed by atoms with Gasteiger partial charge in [-0.2, -0.15) is 0 Å². The standard InChI is InChI=1S/C26H27NO3/c1-16-22(25(29)30-4)23(24-20(27-16)14-26(2,3)15-21(24)28)19-12-10-18(11-13-19)17-8-6-5-7-9-17/h5-13,22-23H,14-15H2,1-4H3/t22?,23-/m1/s1. The molecule has 0 N–H and O–H groups in total. The quantitative estimate of drug-likeness (QED) is 0.652. The molecule has 0 amide bonds. The minimum absolute atomic E-state index is 0.0866. The normalized spacial score (nSPS) is 22.9.